The van der Waals surface area contributed by atoms with Crippen molar-refractivity contribution < 1.29 is 14.5 Å². The minimum Gasteiger partial charge on any atom is -0.482 e. The van der Waals surface area contributed by atoms with E-state index in [1.165, 1.54) is 6.07 Å². The van der Waals surface area contributed by atoms with E-state index in [1.807, 2.05) is 17.9 Å². The van der Waals surface area contributed by atoms with Crippen LogP contribution in [0, 0.1) is 17.0 Å². The van der Waals surface area contributed by atoms with Gasteiger partial charge in [0.15, 0.2) is 6.61 Å². The molecule has 1 heterocycles. The molecular weight excluding hydrogens is 370 g/mol. The number of nitro groups is 1. The first kappa shape index (κ1) is 19.0. The Labute approximate surface area is 162 Å². The molecule has 1 saturated heterocycles. The lowest BCUT2D eigenvalue weighted by Gasteiger charge is -2.35. The van der Waals surface area contributed by atoms with Crippen molar-refractivity contribution in [3.05, 3.63) is 63.2 Å². The number of piperazine rings is 1. The van der Waals surface area contributed by atoms with Gasteiger partial charge in [0, 0.05) is 32.2 Å². The summed E-state index contributed by atoms with van der Waals surface area (Å²) in [6.07, 6.45) is 0. The molecule has 2 aromatic rings. The molecule has 27 heavy (non-hydrogen) atoms. The minimum absolute atomic E-state index is 0.0784. The molecule has 0 saturated carbocycles. The highest BCUT2D eigenvalue weighted by molar-refractivity contribution is 6.32. The van der Waals surface area contributed by atoms with Crippen LogP contribution in [-0.4, -0.2) is 48.5 Å². The van der Waals surface area contributed by atoms with Gasteiger partial charge < -0.3 is 14.5 Å². The predicted molar refractivity (Wildman–Crippen MR) is 104 cm³/mol. The number of halogens is 1. The van der Waals surface area contributed by atoms with E-state index in [2.05, 4.69) is 0 Å². The largest absolute Gasteiger partial charge is 0.482 e. The number of nitrogens with zero attached hydrogens (tertiary/aromatic N) is 3. The molecule has 7 nitrogen and oxygen atoms in total. The summed E-state index contributed by atoms with van der Waals surface area (Å²) in [5.41, 5.74) is 1.66. The first-order valence-corrected chi connectivity index (χ1v) is 8.98. The number of carbonyl (C=O) groups is 1. The molecule has 8 heteroatoms. The molecule has 0 radical (unpaired) electrons. The van der Waals surface area contributed by atoms with Gasteiger partial charge in [-0.3, -0.25) is 14.9 Å². The second-order valence-electron chi connectivity index (χ2n) is 6.34. The Morgan fingerprint density at radius 2 is 1.89 bits per heavy atom. The summed E-state index contributed by atoms with van der Waals surface area (Å²) in [6, 6.07) is 12.1. The molecule has 142 valence electrons. The first-order chi connectivity index (χ1) is 13.0. The summed E-state index contributed by atoms with van der Waals surface area (Å²) in [4.78, 5) is 26.9. The predicted octanol–water partition coefficient (Wildman–Crippen LogP) is 3.28. The number of benzene rings is 2. The zero-order valence-electron chi connectivity index (χ0n) is 14.9. The summed E-state index contributed by atoms with van der Waals surface area (Å²) in [7, 11) is 0. The van der Waals surface area contributed by atoms with Crippen molar-refractivity contribution in [3.63, 3.8) is 0 Å². The molecule has 0 bridgehead atoms. The maximum Gasteiger partial charge on any atom is 0.292 e. The first-order valence-electron chi connectivity index (χ1n) is 8.61. The van der Waals surface area contributed by atoms with Crippen LogP contribution < -0.4 is 9.64 Å². The molecular formula is C19H20ClN3O4. The number of anilines is 1. The van der Waals surface area contributed by atoms with Gasteiger partial charge in [0.1, 0.15) is 11.4 Å². The van der Waals surface area contributed by atoms with Crippen molar-refractivity contribution in [1.82, 2.24) is 4.90 Å². The molecule has 1 fully saturated rings. The lowest BCUT2D eigenvalue weighted by atomic mass is 10.2. The van der Waals surface area contributed by atoms with Gasteiger partial charge in [-0.2, -0.15) is 0 Å². The van der Waals surface area contributed by atoms with E-state index in [0.717, 1.165) is 5.56 Å². The van der Waals surface area contributed by atoms with E-state index in [0.29, 0.717) is 42.6 Å². The SMILES string of the molecule is Cc1ccc(Cl)c(OCC(=O)N2CCN(c3ccccc3[N+](=O)[O-])CC2)c1. The molecule has 1 aliphatic heterocycles. The average molecular weight is 390 g/mol. The van der Waals surface area contributed by atoms with Crippen molar-refractivity contribution >= 4 is 28.9 Å². The lowest BCUT2D eigenvalue weighted by Crippen LogP contribution is -2.50. The molecule has 0 atom stereocenters. The van der Waals surface area contributed by atoms with Gasteiger partial charge in [0.25, 0.3) is 11.6 Å². The molecule has 3 rings (SSSR count). The van der Waals surface area contributed by atoms with E-state index < -0.39 is 0 Å². The van der Waals surface area contributed by atoms with Crippen molar-refractivity contribution in [2.24, 2.45) is 0 Å². The third-order valence-corrected chi connectivity index (χ3v) is 4.80. The Kier molecular flexibility index (Phi) is 5.81. The Morgan fingerprint density at radius 1 is 1.19 bits per heavy atom. The van der Waals surface area contributed by atoms with Gasteiger partial charge in [0.2, 0.25) is 0 Å². The third kappa shape index (κ3) is 4.49. The maximum atomic E-state index is 12.4. The zero-order chi connectivity index (χ0) is 19.4. The minimum atomic E-state index is -0.383. The highest BCUT2D eigenvalue weighted by Crippen LogP contribution is 2.28. The molecule has 2 aromatic carbocycles. The molecule has 0 aromatic heterocycles. The van der Waals surface area contributed by atoms with Crippen LogP contribution in [0.25, 0.3) is 0 Å². The van der Waals surface area contributed by atoms with Crippen LogP contribution in [0.15, 0.2) is 42.5 Å². The van der Waals surface area contributed by atoms with Gasteiger partial charge in [-0.1, -0.05) is 29.8 Å². The number of nitro benzene ring substituents is 1. The van der Waals surface area contributed by atoms with Gasteiger partial charge in [0.05, 0.1) is 9.95 Å². The fraction of sp³-hybridized carbons (Fsp3) is 0.316. The Balaban J connectivity index is 1.57. The number of rotatable bonds is 5. The monoisotopic (exact) mass is 389 g/mol. The van der Waals surface area contributed by atoms with E-state index >= 15 is 0 Å². The van der Waals surface area contributed by atoms with Crippen LogP contribution in [-0.2, 0) is 4.79 Å². The van der Waals surface area contributed by atoms with E-state index in [9.17, 15) is 14.9 Å². The van der Waals surface area contributed by atoms with Crippen molar-refractivity contribution in [2.75, 3.05) is 37.7 Å². The molecule has 1 aliphatic rings. The molecule has 0 N–H and O–H groups in total. The van der Waals surface area contributed by atoms with Crippen LogP contribution in [0.5, 0.6) is 5.75 Å². The molecule has 1 amide bonds. The van der Waals surface area contributed by atoms with Gasteiger partial charge in [-0.05, 0) is 30.7 Å². The lowest BCUT2D eigenvalue weighted by molar-refractivity contribution is -0.384. The van der Waals surface area contributed by atoms with Crippen molar-refractivity contribution in [2.45, 2.75) is 6.92 Å². The fourth-order valence-corrected chi connectivity index (χ4v) is 3.21. The van der Waals surface area contributed by atoms with Gasteiger partial charge in [-0.25, -0.2) is 0 Å². The molecule has 0 spiro atoms. The van der Waals surface area contributed by atoms with E-state index in [-0.39, 0.29) is 23.1 Å². The van der Waals surface area contributed by atoms with Crippen LogP contribution >= 0.6 is 11.6 Å². The third-order valence-electron chi connectivity index (χ3n) is 4.49. The number of amides is 1. The van der Waals surface area contributed by atoms with E-state index in [4.69, 9.17) is 16.3 Å². The number of hydrogen-bond acceptors (Lipinski definition) is 5. The highest BCUT2D eigenvalue weighted by atomic mass is 35.5. The zero-order valence-corrected chi connectivity index (χ0v) is 15.7. The topological polar surface area (TPSA) is 75.9 Å². The fourth-order valence-electron chi connectivity index (χ4n) is 3.03. The average Bonchev–Trinajstić information content (AvgIpc) is 2.68. The Hall–Kier alpha value is -2.80. The quantitative estimate of drug-likeness (QED) is 0.579. The van der Waals surface area contributed by atoms with Crippen LogP contribution in [0.4, 0.5) is 11.4 Å². The summed E-state index contributed by atoms with van der Waals surface area (Å²) >= 11 is 6.08. The van der Waals surface area contributed by atoms with Crippen molar-refractivity contribution in [3.8, 4) is 5.75 Å². The van der Waals surface area contributed by atoms with Crippen LogP contribution in [0.3, 0.4) is 0 Å². The van der Waals surface area contributed by atoms with E-state index in [1.54, 1.807) is 35.2 Å². The maximum absolute atomic E-state index is 12.4. The smallest absolute Gasteiger partial charge is 0.292 e. The number of carbonyl (C=O) groups excluding carboxylic acids is 1. The number of ether oxygens (including phenoxy) is 1. The number of para-hydroxylation sites is 2. The number of aryl methyl sites for hydroxylation is 1. The Morgan fingerprint density at radius 3 is 2.59 bits per heavy atom. The van der Waals surface area contributed by atoms with Crippen LogP contribution in [0.2, 0.25) is 5.02 Å². The summed E-state index contributed by atoms with van der Waals surface area (Å²) in [5, 5.41) is 11.7. The van der Waals surface area contributed by atoms with Gasteiger partial charge >= 0.3 is 0 Å². The number of hydrogen-bond donors (Lipinski definition) is 0. The second-order valence-corrected chi connectivity index (χ2v) is 6.74. The summed E-state index contributed by atoms with van der Waals surface area (Å²) in [6.45, 7) is 3.86. The van der Waals surface area contributed by atoms with Crippen molar-refractivity contribution in [1.29, 1.82) is 0 Å². The van der Waals surface area contributed by atoms with Gasteiger partial charge in [-0.15, -0.1) is 0 Å². The molecule has 0 aliphatic carbocycles. The van der Waals surface area contributed by atoms with Crippen LogP contribution in [0.1, 0.15) is 5.56 Å². The Bertz CT molecular complexity index is 851. The highest BCUT2D eigenvalue weighted by Gasteiger charge is 2.25. The standard InChI is InChI=1S/C19H20ClN3O4/c1-14-6-7-15(20)18(12-14)27-13-19(24)22-10-8-21(9-11-22)16-4-2-3-5-17(16)23(25)26/h2-7,12H,8-11,13H2,1H3. The summed E-state index contributed by atoms with van der Waals surface area (Å²) in [5.74, 6) is 0.360. The second kappa shape index (κ2) is 8.26. The summed E-state index contributed by atoms with van der Waals surface area (Å²) < 4.78 is 5.57. The molecule has 0 unspecified atom stereocenters. The normalized spacial score (nSPS) is 14.1.